The fourth-order valence-corrected chi connectivity index (χ4v) is 4.29. The van der Waals surface area contributed by atoms with Crippen LogP contribution in [0, 0.1) is 11.3 Å². The summed E-state index contributed by atoms with van der Waals surface area (Å²) in [6.45, 7) is 4.48. The number of aromatic nitrogens is 1. The van der Waals surface area contributed by atoms with Crippen LogP contribution in [0.15, 0.2) is 18.3 Å². The maximum absolute atomic E-state index is 8.85. The highest BCUT2D eigenvalue weighted by Gasteiger charge is 2.30. The molecule has 3 fully saturated rings. The summed E-state index contributed by atoms with van der Waals surface area (Å²) in [5.74, 6) is 0. The molecular weight excluding hydrogens is 348 g/mol. The van der Waals surface area contributed by atoms with Gasteiger partial charge >= 0.3 is 0 Å². The van der Waals surface area contributed by atoms with E-state index in [1.54, 1.807) is 6.07 Å². The first-order valence-electron chi connectivity index (χ1n) is 9.82. The van der Waals surface area contributed by atoms with E-state index in [0.29, 0.717) is 17.9 Å². The number of piperidine rings is 2. The molecule has 3 heterocycles. The molecule has 0 radical (unpaired) electrons. The lowest BCUT2D eigenvalue weighted by molar-refractivity contribution is -0.0598. The summed E-state index contributed by atoms with van der Waals surface area (Å²) < 4.78 is 6.42. The minimum atomic E-state index is 0. The van der Waals surface area contributed by atoms with Gasteiger partial charge in [0.2, 0.25) is 0 Å². The highest BCUT2D eigenvalue weighted by Crippen LogP contribution is 2.29. The summed E-state index contributed by atoms with van der Waals surface area (Å²) in [5.41, 5.74) is 1.60. The van der Waals surface area contributed by atoms with Gasteiger partial charge in [-0.25, -0.2) is 4.98 Å². The number of rotatable bonds is 4. The van der Waals surface area contributed by atoms with E-state index in [1.807, 2.05) is 12.3 Å². The lowest BCUT2D eigenvalue weighted by Crippen LogP contribution is -2.47. The van der Waals surface area contributed by atoms with Gasteiger partial charge < -0.3 is 14.5 Å². The third-order valence-electron chi connectivity index (χ3n) is 6.12. The zero-order chi connectivity index (χ0) is 17.1. The van der Waals surface area contributed by atoms with Crippen LogP contribution in [0.2, 0.25) is 0 Å². The van der Waals surface area contributed by atoms with Gasteiger partial charge in [0, 0.05) is 32.2 Å². The molecule has 0 N–H and O–H groups in total. The van der Waals surface area contributed by atoms with Crippen LogP contribution in [0.1, 0.15) is 50.6 Å². The van der Waals surface area contributed by atoms with Gasteiger partial charge in [-0.2, -0.15) is 5.26 Å². The average Bonchev–Trinajstić information content (AvgIpc) is 2.63. The van der Waals surface area contributed by atoms with E-state index in [2.05, 4.69) is 20.9 Å². The van der Waals surface area contributed by atoms with Crippen molar-refractivity contribution in [2.75, 3.05) is 31.1 Å². The van der Waals surface area contributed by atoms with E-state index in [-0.39, 0.29) is 12.4 Å². The van der Waals surface area contributed by atoms with E-state index >= 15 is 0 Å². The van der Waals surface area contributed by atoms with Gasteiger partial charge in [-0.15, -0.1) is 12.4 Å². The average molecular weight is 377 g/mol. The largest absolute Gasteiger partial charge is 0.375 e. The maximum atomic E-state index is 8.85. The number of halogens is 1. The Balaban J connectivity index is 0.00000196. The van der Waals surface area contributed by atoms with Crippen LogP contribution in [0.25, 0.3) is 0 Å². The van der Waals surface area contributed by atoms with Crippen molar-refractivity contribution in [1.82, 2.24) is 9.88 Å². The molecule has 142 valence electrons. The van der Waals surface area contributed by atoms with Crippen molar-refractivity contribution in [3.63, 3.8) is 0 Å². The summed E-state index contributed by atoms with van der Waals surface area (Å²) in [6.07, 6.45) is 11.5. The number of likely N-dealkylation sites (tertiary alicyclic amines) is 1. The van der Waals surface area contributed by atoms with Crippen LogP contribution < -0.4 is 4.90 Å². The fraction of sp³-hybridized carbons (Fsp3) is 0.700. The summed E-state index contributed by atoms with van der Waals surface area (Å²) in [5, 5.41) is 8.85. The molecule has 0 unspecified atom stereocenters. The van der Waals surface area contributed by atoms with E-state index < -0.39 is 0 Å². The molecule has 5 nitrogen and oxygen atoms in total. The molecule has 3 aliphatic rings. The Hall–Kier alpha value is -1.35. The zero-order valence-corrected chi connectivity index (χ0v) is 16.2. The minimum Gasteiger partial charge on any atom is -0.375 e. The molecular formula is C20H29ClN4O. The molecule has 0 atom stereocenters. The van der Waals surface area contributed by atoms with Gasteiger partial charge in [0.05, 0.1) is 24.1 Å². The van der Waals surface area contributed by atoms with Gasteiger partial charge in [-0.3, -0.25) is 0 Å². The molecule has 1 saturated carbocycles. The number of anilines is 1. The van der Waals surface area contributed by atoms with Crippen molar-refractivity contribution in [3.8, 4) is 6.07 Å². The first-order valence-corrected chi connectivity index (χ1v) is 9.82. The van der Waals surface area contributed by atoms with Gasteiger partial charge in [-0.05, 0) is 50.7 Å². The quantitative estimate of drug-likeness (QED) is 0.806. The van der Waals surface area contributed by atoms with Crippen LogP contribution in [-0.2, 0) is 4.74 Å². The first kappa shape index (κ1) is 19.4. The Morgan fingerprint density at radius 1 is 0.962 bits per heavy atom. The topological polar surface area (TPSA) is 52.4 Å². The lowest BCUT2D eigenvalue weighted by atomic mass is 9.89. The monoisotopic (exact) mass is 376 g/mol. The van der Waals surface area contributed by atoms with Crippen LogP contribution in [-0.4, -0.2) is 54.3 Å². The third-order valence-corrected chi connectivity index (χ3v) is 6.12. The molecule has 0 bridgehead atoms. The number of pyridine rings is 1. The number of ether oxygens (including phenoxy) is 1. The van der Waals surface area contributed by atoms with Crippen LogP contribution in [0.3, 0.4) is 0 Å². The summed E-state index contributed by atoms with van der Waals surface area (Å²) in [4.78, 5) is 9.22. The zero-order valence-electron chi connectivity index (χ0n) is 15.3. The van der Waals surface area contributed by atoms with Gasteiger partial charge in [0.1, 0.15) is 11.8 Å². The second-order valence-electron chi connectivity index (χ2n) is 7.66. The smallest absolute Gasteiger partial charge is 0.140 e. The van der Waals surface area contributed by atoms with Crippen molar-refractivity contribution in [2.45, 2.75) is 63.2 Å². The van der Waals surface area contributed by atoms with E-state index in [0.717, 1.165) is 37.7 Å². The van der Waals surface area contributed by atoms with Crippen LogP contribution in [0.5, 0.6) is 0 Å². The predicted octanol–water partition coefficient (Wildman–Crippen LogP) is 3.38. The highest BCUT2D eigenvalue weighted by atomic mass is 35.5. The Kier molecular flexibility index (Phi) is 6.74. The SMILES string of the molecule is Cl.N#Cc1ccc(N2CCC(OC3CCN(C4CCC4)CC3)CC2)cn1. The highest BCUT2D eigenvalue weighted by molar-refractivity contribution is 5.85. The van der Waals surface area contributed by atoms with E-state index in [1.165, 1.54) is 45.2 Å². The van der Waals surface area contributed by atoms with Crippen LogP contribution in [0.4, 0.5) is 5.69 Å². The molecule has 26 heavy (non-hydrogen) atoms. The first-order chi connectivity index (χ1) is 12.3. The Bertz CT molecular complexity index is 597. The minimum absolute atomic E-state index is 0. The normalized spacial score (nSPS) is 23.1. The maximum Gasteiger partial charge on any atom is 0.140 e. The van der Waals surface area contributed by atoms with Crippen molar-refractivity contribution >= 4 is 18.1 Å². The standard InChI is InChI=1S/C20H28N4O.ClH/c21-14-16-4-5-18(15-22-16)24-12-8-20(9-13-24)25-19-6-10-23(11-7-19)17-2-1-3-17;/h4-5,15,17,19-20H,1-3,6-13H2;1H. The molecule has 6 heteroatoms. The Morgan fingerprint density at radius 2 is 1.62 bits per heavy atom. The summed E-state index contributed by atoms with van der Waals surface area (Å²) in [7, 11) is 0. The van der Waals surface area contributed by atoms with Gasteiger partial charge in [0.25, 0.3) is 0 Å². The van der Waals surface area contributed by atoms with Gasteiger partial charge in [0.15, 0.2) is 0 Å². The van der Waals surface area contributed by atoms with Crippen molar-refractivity contribution in [1.29, 1.82) is 5.26 Å². The summed E-state index contributed by atoms with van der Waals surface area (Å²) >= 11 is 0. The second-order valence-corrected chi connectivity index (χ2v) is 7.66. The van der Waals surface area contributed by atoms with Crippen molar-refractivity contribution in [3.05, 3.63) is 24.0 Å². The summed E-state index contributed by atoms with van der Waals surface area (Å²) in [6, 6.07) is 6.76. The molecule has 1 aromatic heterocycles. The molecule has 4 rings (SSSR count). The number of nitriles is 1. The molecule has 0 spiro atoms. The van der Waals surface area contributed by atoms with Gasteiger partial charge in [-0.1, -0.05) is 6.42 Å². The number of hydrogen-bond acceptors (Lipinski definition) is 5. The predicted molar refractivity (Wildman–Crippen MR) is 105 cm³/mol. The van der Waals surface area contributed by atoms with Crippen LogP contribution >= 0.6 is 12.4 Å². The lowest BCUT2D eigenvalue weighted by Gasteiger charge is -2.43. The fourth-order valence-electron chi connectivity index (χ4n) is 4.29. The number of nitrogens with zero attached hydrogens (tertiary/aromatic N) is 4. The molecule has 1 aliphatic carbocycles. The van der Waals surface area contributed by atoms with Crippen molar-refractivity contribution < 1.29 is 4.74 Å². The third kappa shape index (κ3) is 4.49. The molecule has 0 aromatic carbocycles. The second kappa shape index (κ2) is 9.03. The molecule has 0 amide bonds. The molecule has 2 saturated heterocycles. The molecule has 1 aromatic rings. The van der Waals surface area contributed by atoms with E-state index in [4.69, 9.17) is 10.00 Å². The number of hydrogen-bond donors (Lipinski definition) is 0. The van der Waals surface area contributed by atoms with Crippen molar-refractivity contribution in [2.24, 2.45) is 0 Å². The molecule has 2 aliphatic heterocycles. The Morgan fingerprint density at radius 3 is 2.12 bits per heavy atom. The Labute approximate surface area is 162 Å². The van der Waals surface area contributed by atoms with E-state index in [9.17, 15) is 0 Å².